The standard InChI is InChI=1S/C12H21N3/c1-2-11-4-3-7-15(11)9-12(14,8-13)10-5-6-10/h10-11H,2-7,9,14H2,1H3. The van der Waals surface area contributed by atoms with Gasteiger partial charge in [0, 0.05) is 12.6 Å². The zero-order valence-electron chi connectivity index (χ0n) is 9.58. The van der Waals surface area contributed by atoms with Gasteiger partial charge in [-0.15, -0.1) is 0 Å². The third kappa shape index (κ3) is 2.16. The van der Waals surface area contributed by atoms with Crippen LogP contribution in [0, 0.1) is 17.2 Å². The number of nitriles is 1. The summed E-state index contributed by atoms with van der Waals surface area (Å²) in [6.07, 6.45) is 6.03. The third-order valence-electron chi connectivity index (χ3n) is 3.95. The summed E-state index contributed by atoms with van der Waals surface area (Å²) in [6.45, 7) is 4.14. The smallest absolute Gasteiger partial charge is 0.119 e. The molecule has 0 aromatic heterocycles. The molecule has 2 rings (SSSR count). The van der Waals surface area contributed by atoms with Crippen LogP contribution in [0.4, 0.5) is 0 Å². The molecule has 0 amide bonds. The molecule has 1 saturated carbocycles. The van der Waals surface area contributed by atoms with Crippen LogP contribution in [0.15, 0.2) is 0 Å². The number of hydrogen-bond acceptors (Lipinski definition) is 3. The highest BCUT2D eigenvalue weighted by Gasteiger charge is 2.44. The normalized spacial score (nSPS) is 31.1. The van der Waals surface area contributed by atoms with Gasteiger partial charge >= 0.3 is 0 Å². The van der Waals surface area contributed by atoms with Crippen LogP contribution in [0.5, 0.6) is 0 Å². The van der Waals surface area contributed by atoms with Crippen LogP contribution in [0.2, 0.25) is 0 Å². The van der Waals surface area contributed by atoms with Gasteiger partial charge in [-0.3, -0.25) is 4.90 Å². The van der Waals surface area contributed by atoms with E-state index in [1.807, 2.05) is 0 Å². The first-order chi connectivity index (χ1) is 7.19. The monoisotopic (exact) mass is 207 g/mol. The number of rotatable bonds is 4. The van der Waals surface area contributed by atoms with E-state index in [-0.39, 0.29) is 0 Å². The predicted molar refractivity (Wildman–Crippen MR) is 60.1 cm³/mol. The lowest BCUT2D eigenvalue weighted by Gasteiger charge is -2.31. The van der Waals surface area contributed by atoms with E-state index < -0.39 is 5.54 Å². The van der Waals surface area contributed by atoms with Crippen molar-refractivity contribution in [1.29, 1.82) is 5.26 Å². The van der Waals surface area contributed by atoms with Gasteiger partial charge in [0.05, 0.1) is 6.07 Å². The van der Waals surface area contributed by atoms with Crippen LogP contribution in [-0.2, 0) is 0 Å². The van der Waals surface area contributed by atoms with E-state index in [9.17, 15) is 5.26 Å². The maximum atomic E-state index is 9.21. The van der Waals surface area contributed by atoms with E-state index in [2.05, 4.69) is 17.9 Å². The van der Waals surface area contributed by atoms with Crippen LogP contribution in [0.3, 0.4) is 0 Å². The molecule has 2 aliphatic rings. The largest absolute Gasteiger partial charge is 0.312 e. The van der Waals surface area contributed by atoms with Crippen molar-refractivity contribution in [2.75, 3.05) is 13.1 Å². The van der Waals surface area contributed by atoms with Crippen molar-refractivity contribution in [2.24, 2.45) is 11.7 Å². The highest BCUT2D eigenvalue weighted by molar-refractivity contribution is 5.15. The van der Waals surface area contributed by atoms with Crippen LogP contribution in [0.1, 0.15) is 39.0 Å². The fraction of sp³-hybridized carbons (Fsp3) is 0.917. The summed E-state index contributed by atoms with van der Waals surface area (Å²) >= 11 is 0. The first-order valence-electron chi connectivity index (χ1n) is 6.14. The van der Waals surface area contributed by atoms with E-state index in [4.69, 9.17) is 5.73 Å². The Hall–Kier alpha value is -0.590. The first kappa shape index (κ1) is 10.9. The average Bonchev–Trinajstić information content (AvgIpc) is 3.01. The summed E-state index contributed by atoms with van der Waals surface area (Å²) in [5.74, 6) is 0.459. The number of nitrogens with zero attached hydrogens (tertiary/aromatic N) is 2. The lowest BCUT2D eigenvalue weighted by Crippen LogP contribution is -2.52. The average molecular weight is 207 g/mol. The Labute approximate surface area is 92.2 Å². The molecule has 0 spiro atoms. The highest BCUT2D eigenvalue weighted by atomic mass is 15.2. The van der Waals surface area contributed by atoms with Gasteiger partial charge < -0.3 is 5.73 Å². The summed E-state index contributed by atoms with van der Waals surface area (Å²) in [4.78, 5) is 2.43. The molecule has 1 saturated heterocycles. The molecule has 15 heavy (non-hydrogen) atoms. The molecular weight excluding hydrogens is 186 g/mol. The Kier molecular flexibility index (Phi) is 2.99. The van der Waals surface area contributed by atoms with Crippen molar-refractivity contribution >= 4 is 0 Å². The Bertz CT molecular complexity index is 267. The second kappa shape index (κ2) is 4.11. The van der Waals surface area contributed by atoms with Crippen molar-refractivity contribution in [3.8, 4) is 6.07 Å². The Morgan fingerprint density at radius 3 is 2.73 bits per heavy atom. The summed E-state index contributed by atoms with van der Waals surface area (Å²) in [6, 6.07) is 3.01. The fourth-order valence-corrected chi connectivity index (χ4v) is 2.76. The molecule has 0 radical (unpaired) electrons. The molecule has 1 aliphatic carbocycles. The van der Waals surface area contributed by atoms with Gasteiger partial charge in [-0.2, -0.15) is 5.26 Å². The van der Waals surface area contributed by atoms with Crippen molar-refractivity contribution in [1.82, 2.24) is 4.90 Å². The van der Waals surface area contributed by atoms with E-state index in [1.165, 1.54) is 19.3 Å². The highest BCUT2D eigenvalue weighted by Crippen LogP contribution is 2.39. The topological polar surface area (TPSA) is 53.0 Å². The number of likely N-dealkylation sites (tertiary alicyclic amines) is 1. The predicted octanol–water partition coefficient (Wildman–Crippen LogP) is 1.49. The minimum absolute atomic E-state index is 0.459. The zero-order chi connectivity index (χ0) is 10.9. The van der Waals surface area contributed by atoms with E-state index in [0.29, 0.717) is 12.0 Å². The second-order valence-corrected chi connectivity index (χ2v) is 5.10. The van der Waals surface area contributed by atoms with Gasteiger partial charge in [0.25, 0.3) is 0 Å². The molecule has 3 nitrogen and oxygen atoms in total. The SMILES string of the molecule is CCC1CCCN1CC(N)(C#N)C1CC1. The lowest BCUT2D eigenvalue weighted by molar-refractivity contribution is 0.202. The van der Waals surface area contributed by atoms with Crippen molar-refractivity contribution in [3.05, 3.63) is 0 Å². The maximum Gasteiger partial charge on any atom is 0.119 e. The summed E-state index contributed by atoms with van der Waals surface area (Å²) in [5.41, 5.74) is 5.62. The maximum absolute atomic E-state index is 9.21. The summed E-state index contributed by atoms with van der Waals surface area (Å²) in [5, 5.41) is 9.21. The molecular formula is C12H21N3. The van der Waals surface area contributed by atoms with E-state index in [0.717, 1.165) is 25.9 Å². The van der Waals surface area contributed by atoms with Crippen molar-refractivity contribution < 1.29 is 0 Å². The second-order valence-electron chi connectivity index (χ2n) is 5.10. The Morgan fingerprint density at radius 1 is 1.47 bits per heavy atom. The van der Waals surface area contributed by atoms with E-state index in [1.54, 1.807) is 0 Å². The Morgan fingerprint density at radius 2 is 2.20 bits per heavy atom. The summed E-state index contributed by atoms with van der Waals surface area (Å²) in [7, 11) is 0. The molecule has 84 valence electrons. The molecule has 0 bridgehead atoms. The fourth-order valence-electron chi connectivity index (χ4n) is 2.76. The number of hydrogen-bond donors (Lipinski definition) is 1. The van der Waals surface area contributed by atoms with Gasteiger partial charge in [0.2, 0.25) is 0 Å². The van der Waals surface area contributed by atoms with Gasteiger partial charge in [-0.25, -0.2) is 0 Å². The molecule has 1 heterocycles. The molecule has 2 atom stereocenters. The third-order valence-corrected chi connectivity index (χ3v) is 3.95. The minimum Gasteiger partial charge on any atom is -0.312 e. The summed E-state index contributed by atoms with van der Waals surface area (Å²) < 4.78 is 0. The molecule has 2 unspecified atom stereocenters. The minimum atomic E-state index is -0.572. The molecule has 3 heteroatoms. The van der Waals surface area contributed by atoms with Crippen LogP contribution < -0.4 is 5.73 Å². The van der Waals surface area contributed by atoms with Crippen LogP contribution >= 0.6 is 0 Å². The van der Waals surface area contributed by atoms with Crippen molar-refractivity contribution in [2.45, 2.75) is 50.6 Å². The Balaban J connectivity index is 1.97. The van der Waals surface area contributed by atoms with E-state index >= 15 is 0 Å². The van der Waals surface area contributed by atoms with Gasteiger partial charge in [0.15, 0.2) is 0 Å². The van der Waals surface area contributed by atoms with Crippen molar-refractivity contribution in [3.63, 3.8) is 0 Å². The molecule has 2 fully saturated rings. The van der Waals surface area contributed by atoms with Gasteiger partial charge in [0.1, 0.15) is 5.54 Å². The van der Waals surface area contributed by atoms with Crippen LogP contribution in [0.25, 0.3) is 0 Å². The quantitative estimate of drug-likeness (QED) is 0.760. The zero-order valence-corrected chi connectivity index (χ0v) is 9.58. The lowest BCUT2D eigenvalue weighted by atomic mass is 9.95. The molecule has 1 aliphatic heterocycles. The van der Waals surface area contributed by atoms with Gasteiger partial charge in [-0.1, -0.05) is 6.92 Å². The van der Waals surface area contributed by atoms with Gasteiger partial charge in [-0.05, 0) is 44.6 Å². The molecule has 0 aromatic carbocycles. The molecule has 0 aromatic rings. The number of nitrogens with two attached hydrogens (primary N) is 1. The first-order valence-corrected chi connectivity index (χ1v) is 6.14. The molecule has 2 N–H and O–H groups in total. The van der Waals surface area contributed by atoms with Crippen LogP contribution in [-0.4, -0.2) is 29.6 Å².